The van der Waals surface area contributed by atoms with Crippen LogP contribution in [-0.2, 0) is 14.8 Å². The van der Waals surface area contributed by atoms with E-state index in [9.17, 15) is 13.2 Å². The van der Waals surface area contributed by atoms with Gasteiger partial charge < -0.3 is 10.0 Å². The number of likely N-dealkylation sites (N-methyl/N-ethyl adjacent to an activating group) is 1. The van der Waals surface area contributed by atoms with Crippen molar-refractivity contribution in [2.24, 2.45) is 0 Å². The van der Waals surface area contributed by atoms with Crippen LogP contribution in [0.1, 0.15) is 26.2 Å². The van der Waals surface area contributed by atoms with Gasteiger partial charge in [-0.3, -0.25) is 4.79 Å². The quantitative estimate of drug-likeness (QED) is 0.777. The molecule has 0 saturated carbocycles. The average molecular weight is 278 g/mol. The van der Waals surface area contributed by atoms with Gasteiger partial charge in [-0.2, -0.15) is 4.31 Å². The molecule has 1 rings (SSSR count). The second-order valence-corrected chi connectivity index (χ2v) is 6.93. The predicted octanol–water partition coefficient (Wildman–Crippen LogP) is 0.207. The SMILES string of the molecule is CC1CN(C)CCCN1S(=O)(=O)CCCC(=O)O. The summed E-state index contributed by atoms with van der Waals surface area (Å²) in [5.74, 6) is -1.03. The topological polar surface area (TPSA) is 77.9 Å². The van der Waals surface area contributed by atoms with Crippen molar-refractivity contribution in [3.63, 3.8) is 0 Å². The van der Waals surface area contributed by atoms with Crippen molar-refractivity contribution in [3.05, 3.63) is 0 Å². The van der Waals surface area contributed by atoms with Gasteiger partial charge in [-0.15, -0.1) is 0 Å². The summed E-state index contributed by atoms with van der Waals surface area (Å²) >= 11 is 0. The van der Waals surface area contributed by atoms with Gasteiger partial charge in [-0.25, -0.2) is 8.42 Å². The highest BCUT2D eigenvalue weighted by Gasteiger charge is 2.29. The van der Waals surface area contributed by atoms with E-state index in [0.29, 0.717) is 6.54 Å². The normalized spacial score (nSPS) is 23.8. The van der Waals surface area contributed by atoms with Crippen LogP contribution in [0.5, 0.6) is 0 Å². The molecule has 1 heterocycles. The van der Waals surface area contributed by atoms with Crippen LogP contribution in [-0.4, -0.2) is 67.2 Å². The van der Waals surface area contributed by atoms with Crippen molar-refractivity contribution in [3.8, 4) is 0 Å². The molecule has 7 heteroatoms. The van der Waals surface area contributed by atoms with E-state index in [1.165, 1.54) is 4.31 Å². The molecule has 0 amide bonds. The minimum atomic E-state index is -3.33. The molecular weight excluding hydrogens is 256 g/mol. The molecule has 1 unspecified atom stereocenters. The first kappa shape index (κ1) is 15.4. The predicted molar refractivity (Wildman–Crippen MR) is 68.9 cm³/mol. The molecule has 0 aromatic rings. The van der Waals surface area contributed by atoms with E-state index >= 15 is 0 Å². The van der Waals surface area contributed by atoms with Crippen molar-refractivity contribution < 1.29 is 18.3 Å². The van der Waals surface area contributed by atoms with Crippen LogP contribution in [0.2, 0.25) is 0 Å². The first-order chi connectivity index (χ1) is 8.33. The van der Waals surface area contributed by atoms with Crippen molar-refractivity contribution in [1.82, 2.24) is 9.21 Å². The van der Waals surface area contributed by atoms with Crippen LogP contribution >= 0.6 is 0 Å². The fraction of sp³-hybridized carbons (Fsp3) is 0.909. The molecule has 1 aliphatic rings. The Morgan fingerprint density at radius 2 is 2.06 bits per heavy atom. The number of carboxylic acid groups (broad SMARTS) is 1. The minimum absolute atomic E-state index is 0.0488. The Balaban J connectivity index is 2.62. The summed E-state index contributed by atoms with van der Waals surface area (Å²) in [6, 6.07) is -0.0488. The fourth-order valence-electron chi connectivity index (χ4n) is 2.29. The third-order valence-corrected chi connectivity index (χ3v) is 5.20. The molecule has 1 N–H and O–H groups in total. The van der Waals surface area contributed by atoms with Crippen molar-refractivity contribution in [2.45, 2.75) is 32.2 Å². The average Bonchev–Trinajstić information content (AvgIpc) is 2.38. The zero-order chi connectivity index (χ0) is 13.8. The monoisotopic (exact) mass is 278 g/mol. The van der Waals surface area contributed by atoms with E-state index in [0.717, 1.165) is 19.5 Å². The summed E-state index contributed by atoms with van der Waals surface area (Å²) in [5, 5.41) is 8.54. The van der Waals surface area contributed by atoms with Crippen LogP contribution in [0.3, 0.4) is 0 Å². The third-order valence-electron chi connectivity index (χ3n) is 3.14. The number of rotatable bonds is 5. The van der Waals surface area contributed by atoms with Crippen LogP contribution < -0.4 is 0 Å². The molecule has 6 nitrogen and oxygen atoms in total. The molecule has 0 spiro atoms. The number of hydrogen-bond acceptors (Lipinski definition) is 4. The zero-order valence-corrected chi connectivity index (χ0v) is 11.8. The number of carboxylic acids is 1. The standard InChI is InChI=1S/C11H22N2O4S/c1-10-9-12(2)6-4-7-13(10)18(16,17)8-3-5-11(14)15/h10H,3-9H2,1-2H3,(H,14,15). The number of aliphatic carboxylic acids is 1. The van der Waals surface area contributed by atoms with Crippen LogP contribution in [0, 0.1) is 0 Å². The van der Waals surface area contributed by atoms with E-state index in [2.05, 4.69) is 4.90 Å². The van der Waals surface area contributed by atoms with Gasteiger partial charge in [-0.1, -0.05) is 0 Å². The summed E-state index contributed by atoms with van der Waals surface area (Å²) in [4.78, 5) is 12.5. The van der Waals surface area contributed by atoms with Gasteiger partial charge in [0.25, 0.3) is 0 Å². The molecule has 0 bridgehead atoms. The molecule has 0 aromatic heterocycles. The van der Waals surface area contributed by atoms with Crippen molar-refractivity contribution >= 4 is 16.0 Å². The molecule has 0 aliphatic carbocycles. The maximum atomic E-state index is 12.2. The zero-order valence-electron chi connectivity index (χ0n) is 11.0. The summed E-state index contributed by atoms with van der Waals surface area (Å²) in [5.41, 5.74) is 0. The Labute approximate surface area is 109 Å². The highest BCUT2D eigenvalue weighted by atomic mass is 32.2. The molecule has 1 saturated heterocycles. The van der Waals surface area contributed by atoms with E-state index in [1.54, 1.807) is 0 Å². The Morgan fingerprint density at radius 1 is 1.39 bits per heavy atom. The Kier molecular flexibility index (Phi) is 5.55. The summed E-state index contributed by atoms with van der Waals surface area (Å²) < 4.78 is 25.8. The van der Waals surface area contributed by atoms with Crippen LogP contribution in [0.25, 0.3) is 0 Å². The Hall–Kier alpha value is -0.660. The maximum Gasteiger partial charge on any atom is 0.303 e. The van der Waals surface area contributed by atoms with Crippen LogP contribution in [0.4, 0.5) is 0 Å². The molecule has 18 heavy (non-hydrogen) atoms. The van der Waals surface area contributed by atoms with Gasteiger partial charge >= 0.3 is 5.97 Å². The number of carbonyl (C=O) groups is 1. The summed E-state index contributed by atoms with van der Waals surface area (Å²) in [6.45, 7) is 4.04. The first-order valence-electron chi connectivity index (χ1n) is 6.23. The van der Waals surface area contributed by atoms with E-state index in [4.69, 9.17) is 5.11 Å². The Bertz CT molecular complexity index is 383. The largest absolute Gasteiger partial charge is 0.481 e. The third kappa shape index (κ3) is 4.55. The second-order valence-electron chi connectivity index (χ2n) is 4.89. The van der Waals surface area contributed by atoms with E-state index in [1.807, 2.05) is 14.0 Å². The number of sulfonamides is 1. The van der Waals surface area contributed by atoms with E-state index in [-0.39, 0.29) is 24.6 Å². The minimum Gasteiger partial charge on any atom is -0.481 e. The van der Waals surface area contributed by atoms with Gasteiger partial charge in [-0.05, 0) is 33.4 Å². The number of hydrogen-bond donors (Lipinski definition) is 1. The van der Waals surface area contributed by atoms with Crippen molar-refractivity contribution in [1.29, 1.82) is 0 Å². The molecule has 0 aromatic carbocycles. The summed E-state index contributed by atoms with van der Waals surface area (Å²) in [7, 11) is -1.35. The Morgan fingerprint density at radius 3 is 2.67 bits per heavy atom. The lowest BCUT2D eigenvalue weighted by Gasteiger charge is -2.27. The lowest BCUT2D eigenvalue weighted by atomic mass is 10.3. The smallest absolute Gasteiger partial charge is 0.303 e. The van der Waals surface area contributed by atoms with Gasteiger partial charge in [0.05, 0.1) is 5.75 Å². The molecule has 1 aliphatic heterocycles. The maximum absolute atomic E-state index is 12.2. The molecule has 106 valence electrons. The highest BCUT2D eigenvalue weighted by molar-refractivity contribution is 7.89. The molecular formula is C11H22N2O4S. The molecule has 1 fully saturated rings. The van der Waals surface area contributed by atoms with Gasteiger partial charge in [0.1, 0.15) is 0 Å². The fourth-order valence-corrected chi connectivity index (χ4v) is 4.05. The van der Waals surface area contributed by atoms with Gasteiger partial charge in [0.2, 0.25) is 10.0 Å². The lowest BCUT2D eigenvalue weighted by molar-refractivity contribution is -0.137. The van der Waals surface area contributed by atoms with E-state index < -0.39 is 16.0 Å². The first-order valence-corrected chi connectivity index (χ1v) is 7.83. The highest BCUT2D eigenvalue weighted by Crippen LogP contribution is 2.15. The molecule has 0 radical (unpaired) electrons. The van der Waals surface area contributed by atoms with Gasteiger partial charge in [0, 0.05) is 25.6 Å². The lowest BCUT2D eigenvalue weighted by Crippen LogP contribution is -2.43. The molecule has 1 atom stereocenters. The van der Waals surface area contributed by atoms with Crippen LogP contribution in [0.15, 0.2) is 0 Å². The van der Waals surface area contributed by atoms with Gasteiger partial charge in [0.15, 0.2) is 0 Å². The summed E-state index contributed by atoms with van der Waals surface area (Å²) in [6.07, 6.45) is 0.900. The second kappa shape index (κ2) is 6.49. The van der Waals surface area contributed by atoms with Crippen molar-refractivity contribution in [2.75, 3.05) is 32.4 Å². The number of nitrogens with zero attached hydrogens (tertiary/aromatic N) is 2.